The highest BCUT2D eigenvalue weighted by molar-refractivity contribution is 6.64. The highest BCUT2D eigenvalue weighted by atomic mass is 28.4. The molecule has 6 N–H and O–H groups in total. The van der Waals surface area contributed by atoms with Crippen LogP contribution in [0.4, 0.5) is 0 Å². The molecule has 2 aliphatic rings. The van der Waals surface area contributed by atoms with E-state index in [0.29, 0.717) is 0 Å². The summed E-state index contributed by atoms with van der Waals surface area (Å²) in [5.41, 5.74) is 18.6. The molecule has 17 heavy (non-hydrogen) atoms. The molecule has 6 nitrogen and oxygen atoms in total. The van der Waals surface area contributed by atoms with Crippen LogP contribution >= 0.6 is 0 Å². The Morgan fingerprint density at radius 3 is 1.59 bits per heavy atom. The van der Waals surface area contributed by atoms with E-state index in [1.54, 1.807) is 0 Å². The molecule has 0 saturated heterocycles. The maximum atomic E-state index is 6.48. The van der Waals surface area contributed by atoms with Crippen molar-refractivity contribution in [3.63, 3.8) is 0 Å². The highest BCUT2D eigenvalue weighted by Crippen LogP contribution is 2.68. The molecular formula is C10H23N3O3Si. The normalized spacial score (nSPS) is 31.4. The summed E-state index contributed by atoms with van der Waals surface area (Å²) in [7, 11) is 1.36. The quantitative estimate of drug-likeness (QED) is 0.446. The second kappa shape index (κ2) is 3.73. The summed E-state index contributed by atoms with van der Waals surface area (Å²) >= 11 is 0. The Morgan fingerprint density at radius 2 is 1.35 bits per heavy atom. The van der Waals surface area contributed by atoms with Gasteiger partial charge in [0.1, 0.15) is 0 Å². The molecule has 0 aromatic carbocycles. The first-order chi connectivity index (χ1) is 7.85. The number of rotatable bonds is 5. The molecule has 0 heterocycles. The van der Waals surface area contributed by atoms with Crippen LogP contribution < -0.4 is 17.2 Å². The van der Waals surface area contributed by atoms with Crippen LogP contribution in [0, 0.1) is 5.41 Å². The van der Waals surface area contributed by atoms with Gasteiger partial charge in [0, 0.05) is 21.3 Å². The van der Waals surface area contributed by atoms with E-state index >= 15 is 0 Å². The minimum absolute atomic E-state index is 0.0876. The summed E-state index contributed by atoms with van der Waals surface area (Å²) in [5, 5.41) is -1.26. The van der Waals surface area contributed by atoms with Gasteiger partial charge in [-0.25, -0.2) is 0 Å². The van der Waals surface area contributed by atoms with Gasteiger partial charge in [-0.2, -0.15) is 0 Å². The lowest BCUT2D eigenvalue weighted by Gasteiger charge is -2.59. The third-order valence-corrected chi connectivity index (χ3v) is 7.92. The van der Waals surface area contributed by atoms with E-state index in [2.05, 4.69) is 0 Å². The van der Waals surface area contributed by atoms with E-state index in [1.807, 2.05) is 0 Å². The third-order valence-electron chi connectivity index (χ3n) is 4.85. The van der Waals surface area contributed by atoms with Crippen molar-refractivity contribution in [3.8, 4) is 0 Å². The highest BCUT2D eigenvalue weighted by Gasteiger charge is 2.77. The largest absolute Gasteiger partial charge is 0.538 e. The van der Waals surface area contributed by atoms with Crippen LogP contribution in [0.5, 0.6) is 0 Å². The fourth-order valence-electron chi connectivity index (χ4n) is 3.27. The first-order valence-electron chi connectivity index (χ1n) is 5.87. The summed E-state index contributed by atoms with van der Waals surface area (Å²) in [5.74, 6) is 0. The minimum Gasteiger partial charge on any atom is -0.375 e. The molecule has 0 aromatic rings. The number of nitrogens with two attached hydrogens (primary N) is 3. The van der Waals surface area contributed by atoms with Gasteiger partial charge in [0.15, 0.2) is 5.29 Å². The topological polar surface area (TPSA) is 106 Å². The molecule has 2 fully saturated rings. The van der Waals surface area contributed by atoms with Crippen LogP contribution in [-0.2, 0) is 13.3 Å². The molecule has 100 valence electrons. The fraction of sp³-hybridized carbons (Fsp3) is 1.00. The molecule has 7 heteroatoms. The summed E-state index contributed by atoms with van der Waals surface area (Å²) in [6.45, 7) is 0. The van der Waals surface area contributed by atoms with Crippen molar-refractivity contribution in [2.45, 2.75) is 36.5 Å². The van der Waals surface area contributed by atoms with E-state index in [4.69, 9.17) is 30.5 Å². The van der Waals surface area contributed by atoms with Gasteiger partial charge in [-0.15, -0.1) is 0 Å². The molecule has 1 spiro atoms. The lowest BCUT2D eigenvalue weighted by atomic mass is 9.62. The zero-order valence-corrected chi connectivity index (χ0v) is 11.8. The van der Waals surface area contributed by atoms with Crippen LogP contribution in [0.2, 0.25) is 0 Å². The molecule has 0 bridgehead atoms. The SMILES string of the molecule is CO[Si](OC)(OC)C(N)(N)C1(N)CCC12CC2. The van der Waals surface area contributed by atoms with Crippen molar-refractivity contribution in [1.29, 1.82) is 0 Å². The van der Waals surface area contributed by atoms with Crippen LogP contribution in [0.15, 0.2) is 0 Å². The zero-order valence-electron chi connectivity index (χ0n) is 10.8. The Labute approximate surface area is 103 Å². The van der Waals surface area contributed by atoms with Crippen molar-refractivity contribution in [1.82, 2.24) is 0 Å². The molecule has 1 unspecified atom stereocenters. The zero-order chi connectivity index (χ0) is 12.9. The first kappa shape index (κ1) is 13.4. The monoisotopic (exact) mass is 261 g/mol. The summed E-state index contributed by atoms with van der Waals surface area (Å²) in [6, 6.07) is 0. The van der Waals surface area contributed by atoms with Gasteiger partial charge in [-0.3, -0.25) is 0 Å². The van der Waals surface area contributed by atoms with Gasteiger partial charge in [0.25, 0.3) is 0 Å². The second-order valence-electron chi connectivity index (χ2n) is 5.29. The predicted octanol–water partition coefficient (Wildman–Crippen LogP) is -0.711. The van der Waals surface area contributed by atoms with Crippen LogP contribution in [0.3, 0.4) is 0 Å². The lowest BCUT2D eigenvalue weighted by molar-refractivity contribution is -0.00331. The van der Waals surface area contributed by atoms with Crippen molar-refractivity contribution < 1.29 is 13.3 Å². The summed E-state index contributed by atoms with van der Waals surface area (Å²) in [6.07, 6.45) is 4.05. The van der Waals surface area contributed by atoms with E-state index in [9.17, 15) is 0 Å². The van der Waals surface area contributed by atoms with Crippen molar-refractivity contribution in [2.24, 2.45) is 22.6 Å². The van der Waals surface area contributed by atoms with Gasteiger partial charge < -0.3 is 30.5 Å². The Kier molecular flexibility index (Phi) is 2.95. The minimum atomic E-state index is -3.17. The van der Waals surface area contributed by atoms with Crippen molar-refractivity contribution in [2.75, 3.05) is 21.3 Å². The number of hydrogen-bond acceptors (Lipinski definition) is 6. The van der Waals surface area contributed by atoms with E-state index in [1.165, 1.54) is 21.3 Å². The lowest BCUT2D eigenvalue weighted by Crippen LogP contribution is -2.89. The molecule has 0 aromatic heterocycles. The Balaban J connectivity index is 2.34. The van der Waals surface area contributed by atoms with E-state index in [-0.39, 0.29) is 5.41 Å². The molecule has 0 amide bonds. The average molecular weight is 261 g/mol. The molecule has 1 atom stereocenters. The van der Waals surface area contributed by atoms with Crippen molar-refractivity contribution >= 4 is 8.80 Å². The van der Waals surface area contributed by atoms with Crippen LogP contribution in [0.25, 0.3) is 0 Å². The summed E-state index contributed by atoms with van der Waals surface area (Å²) in [4.78, 5) is 0. The molecule has 2 rings (SSSR count). The Bertz CT molecular complexity index is 302. The smallest absolute Gasteiger partial charge is 0.375 e. The van der Waals surface area contributed by atoms with Crippen LogP contribution in [-0.4, -0.2) is 41.0 Å². The predicted molar refractivity (Wildman–Crippen MR) is 65.7 cm³/mol. The summed E-state index contributed by atoms with van der Waals surface area (Å²) < 4.78 is 16.2. The van der Waals surface area contributed by atoms with Gasteiger partial charge >= 0.3 is 8.80 Å². The molecule has 0 aliphatic heterocycles. The first-order valence-corrected chi connectivity index (χ1v) is 7.59. The maximum absolute atomic E-state index is 6.48. The number of hydrogen-bond donors (Lipinski definition) is 3. The van der Waals surface area contributed by atoms with E-state index in [0.717, 1.165) is 25.7 Å². The standard InChI is InChI=1S/C10H23N3O3Si/c1-14-17(15-2,16-3)10(12,13)9(11)7-6-8(9)4-5-8/h4-7,11-13H2,1-3H3. The Hall–Kier alpha value is -0.0231. The van der Waals surface area contributed by atoms with E-state index < -0.39 is 19.6 Å². The second-order valence-corrected chi connectivity index (χ2v) is 8.45. The molecule has 2 saturated carbocycles. The van der Waals surface area contributed by atoms with Gasteiger partial charge in [-0.05, 0) is 31.1 Å². The Morgan fingerprint density at radius 1 is 0.941 bits per heavy atom. The van der Waals surface area contributed by atoms with Gasteiger partial charge in [0.2, 0.25) is 0 Å². The third kappa shape index (κ3) is 1.36. The molecular weight excluding hydrogens is 238 g/mol. The average Bonchev–Trinajstić information content (AvgIpc) is 3.11. The van der Waals surface area contributed by atoms with Gasteiger partial charge in [0.05, 0.1) is 5.54 Å². The fourth-order valence-corrected chi connectivity index (χ4v) is 5.72. The maximum Gasteiger partial charge on any atom is 0.538 e. The van der Waals surface area contributed by atoms with Gasteiger partial charge in [-0.1, -0.05) is 0 Å². The van der Waals surface area contributed by atoms with Crippen LogP contribution in [0.1, 0.15) is 25.7 Å². The van der Waals surface area contributed by atoms with Crippen molar-refractivity contribution in [3.05, 3.63) is 0 Å². The molecule has 2 aliphatic carbocycles. The molecule has 0 radical (unpaired) electrons.